The second-order valence-electron chi connectivity index (χ2n) is 4.95. The predicted molar refractivity (Wildman–Crippen MR) is 73.1 cm³/mol. The van der Waals surface area contributed by atoms with E-state index in [1.165, 1.54) is 17.2 Å². The van der Waals surface area contributed by atoms with E-state index in [0.717, 1.165) is 5.75 Å². The lowest BCUT2D eigenvalue weighted by atomic mass is 9.98. The van der Waals surface area contributed by atoms with Crippen LogP contribution in [-0.4, -0.2) is 16.2 Å². The molecular weight excluding hydrogens is 258 g/mol. The fourth-order valence-corrected chi connectivity index (χ4v) is 2.02. The van der Waals surface area contributed by atoms with Gasteiger partial charge in [-0.05, 0) is 36.1 Å². The summed E-state index contributed by atoms with van der Waals surface area (Å²) in [6.45, 7) is 6.48. The molecule has 5 heteroatoms. The Morgan fingerprint density at radius 3 is 2.70 bits per heavy atom. The Balaban J connectivity index is 2.03. The fraction of sp³-hybridized carbons (Fsp3) is 0.333. The summed E-state index contributed by atoms with van der Waals surface area (Å²) in [5.74, 6) is 0.460. The van der Waals surface area contributed by atoms with Crippen LogP contribution in [0, 0.1) is 6.92 Å². The first-order valence-corrected chi connectivity index (χ1v) is 6.39. The molecule has 0 atom stereocenters. The zero-order valence-electron chi connectivity index (χ0n) is 11.7. The van der Waals surface area contributed by atoms with Crippen LogP contribution < -0.4 is 4.74 Å². The minimum atomic E-state index is -1.11. The molecule has 0 fully saturated rings. The van der Waals surface area contributed by atoms with Crippen molar-refractivity contribution in [3.63, 3.8) is 0 Å². The highest BCUT2D eigenvalue weighted by Gasteiger charge is 2.11. The quantitative estimate of drug-likeness (QED) is 0.905. The highest BCUT2D eigenvalue weighted by Crippen LogP contribution is 2.24. The molecule has 0 aliphatic heterocycles. The molecule has 106 valence electrons. The summed E-state index contributed by atoms with van der Waals surface area (Å²) >= 11 is 0. The van der Waals surface area contributed by atoms with Crippen LogP contribution in [0.1, 0.15) is 47.1 Å². The van der Waals surface area contributed by atoms with E-state index < -0.39 is 5.97 Å². The maximum atomic E-state index is 10.7. The van der Waals surface area contributed by atoms with E-state index >= 15 is 0 Å². The molecule has 0 aliphatic carbocycles. The highest BCUT2D eigenvalue weighted by atomic mass is 16.5. The number of hydrogen-bond acceptors (Lipinski definition) is 4. The number of carboxylic acids is 1. The SMILES string of the molecule is Cc1cc(OCc2cc(C(=O)O)no2)ccc1C(C)C. The third-order valence-corrected chi connectivity index (χ3v) is 3.02. The number of ether oxygens (including phenoxy) is 1. The summed E-state index contributed by atoms with van der Waals surface area (Å²) in [6, 6.07) is 7.26. The Morgan fingerprint density at radius 1 is 1.40 bits per heavy atom. The van der Waals surface area contributed by atoms with Gasteiger partial charge in [0.2, 0.25) is 0 Å². The number of carboxylic acid groups (broad SMARTS) is 1. The number of aromatic nitrogens is 1. The molecule has 1 aromatic heterocycles. The van der Waals surface area contributed by atoms with Crippen molar-refractivity contribution in [3.05, 3.63) is 46.8 Å². The lowest BCUT2D eigenvalue weighted by Crippen LogP contribution is -1.97. The third kappa shape index (κ3) is 3.17. The zero-order valence-corrected chi connectivity index (χ0v) is 11.7. The summed E-state index contributed by atoms with van der Waals surface area (Å²) in [5, 5.41) is 12.2. The van der Waals surface area contributed by atoms with Crippen molar-refractivity contribution in [3.8, 4) is 5.75 Å². The monoisotopic (exact) mass is 275 g/mol. The van der Waals surface area contributed by atoms with Gasteiger partial charge in [-0.15, -0.1) is 0 Å². The summed E-state index contributed by atoms with van der Waals surface area (Å²) in [4.78, 5) is 10.7. The van der Waals surface area contributed by atoms with E-state index in [-0.39, 0.29) is 12.3 Å². The van der Waals surface area contributed by atoms with Gasteiger partial charge >= 0.3 is 5.97 Å². The highest BCUT2D eigenvalue weighted by molar-refractivity contribution is 5.85. The largest absolute Gasteiger partial charge is 0.486 e. The van der Waals surface area contributed by atoms with Crippen molar-refractivity contribution in [2.75, 3.05) is 0 Å². The van der Waals surface area contributed by atoms with Crippen LogP contribution in [0.15, 0.2) is 28.8 Å². The molecule has 20 heavy (non-hydrogen) atoms. The van der Waals surface area contributed by atoms with Gasteiger partial charge in [0.05, 0.1) is 0 Å². The van der Waals surface area contributed by atoms with E-state index in [4.69, 9.17) is 14.4 Å². The molecule has 0 radical (unpaired) electrons. The number of aromatic carboxylic acids is 1. The van der Waals surface area contributed by atoms with E-state index in [0.29, 0.717) is 11.7 Å². The number of hydrogen-bond donors (Lipinski definition) is 1. The van der Waals surface area contributed by atoms with Gasteiger partial charge < -0.3 is 14.4 Å². The van der Waals surface area contributed by atoms with E-state index in [1.807, 2.05) is 25.1 Å². The van der Waals surface area contributed by atoms with Gasteiger partial charge in [-0.1, -0.05) is 25.1 Å². The Bertz CT molecular complexity index is 616. The molecule has 1 aromatic carbocycles. The van der Waals surface area contributed by atoms with Gasteiger partial charge in [-0.2, -0.15) is 0 Å². The molecule has 2 rings (SSSR count). The lowest BCUT2D eigenvalue weighted by Gasteiger charge is -2.11. The standard InChI is InChI=1S/C15H17NO4/c1-9(2)13-5-4-11(6-10(13)3)19-8-12-7-14(15(17)18)16-20-12/h4-7,9H,8H2,1-3H3,(H,17,18). The molecule has 0 bridgehead atoms. The molecular formula is C15H17NO4. The Labute approximate surface area is 117 Å². The molecule has 1 heterocycles. The van der Waals surface area contributed by atoms with Crippen LogP contribution in [0.5, 0.6) is 5.75 Å². The van der Waals surface area contributed by atoms with Crippen LogP contribution in [0.4, 0.5) is 0 Å². The van der Waals surface area contributed by atoms with Crippen LogP contribution in [0.3, 0.4) is 0 Å². The van der Waals surface area contributed by atoms with Crippen molar-refractivity contribution >= 4 is 5.97 Å². The van der Waals surface area contributed by atoms with Crippen LogP contribution >= 0.6 is 0 Å². The van der Waals surface area contributed by atoms with Gasteiger partial charge in [-0.3, -0.25) is 0 Å². The first-order valence-electron chi connectivity index (χ1n) is 6.39. The Hall–Kier alpha value is -2.30. The number of rotatable bonds is 5. The molecule has 0 saturated heterocycles. The summed E-state index contributed by atoms with van der Waals surface area (Å²) < 4.78 is 10.5. The average molecular weight is 275 g/mol. The minimum Gasteiger partial charge on any atom is -0.486 e. The maximum Gasteiger partial charge on any atom is 0.358 e. The zero-order chi connectivity index (χ0) is 14.7. The van der Waals surface area contributed by atoms with Gasteiger partial charge in [0, 0.05) is 6.07 Å². The minimum absolute atomic E-state index is 0.116. The van der Waals surface area contributed by atoms with Gasteiger partial charge in [0.1, 0.15) is 12.4 Å². The normalized spacial score (nSPS) is 10.8. The van der Waals surface area contributed by atoms with Crippen molar-refractivity contribution in [2.45, 2.75) is 33.3 Å². The number of carbonyl (C=O) groups is 1. The third-order valence-electron chi connectivity index (χ3n) is 3.02. The summed E-state index contributed by atoms with van der Waals surface area (Å²) in [6.07, 6.45) is 0. The second kappa shape index (κ2) is 5.77. The second-order valence-corrected chi connectivity index (χ2v) is 4.95. The van der Waals surface area contributed by atoms with Crippen molar-refractivity contribution in [1.82, 2.24) is 5.16 Å². The summed E-state index contributed by atoms with van der Waals surface area (Å²) in [5.41, 5.74) is 2.33. The number of benzene rings is 1. The molecule has 0 spiro atoms. The predicted octanol–water partition coefficient (Wildman–Crippen LogP) is 3.38. The first kappa shape index (κ1) is 14.1. The van der Waals surface area contributed by atoms with Crippen molar-refractivity contribution in [2.24, 2.45) is 0 Å². The first-order chi connectivity index (χ1) is 9.47. The average Bonchev–Trinajstić information content (AvgIpc) is 2.85. The number of aryl methyl sites for hydroxylation is 1. The van der Waals surface area contributed by atoms with E-state index in [9.17, 15) is 4.79 Å². The van der Waals surface area contributed by atoms with Gasteiger partial charge in [-0.25, -0.2) is 4.79 Å². The van der Waals surface area contributed by atoms with Crippen LogP contribution in [-0.2, 0) is 6.61 Å². The smallest absolute Gasteiger partial charge is 0.358 e. The maximum absolute atomic E-state index is 10.7. The molecule has 2 aromatic rings. The van der Waals surface area contributed by atoms with Crippen LogP contribution in [0.25, 0.3) is 0 Å². The summed E-state index contributed by atoms with van der Waals surface area (Å²) in [7, 11) is 0. The molecule has 0 unspecified atom stereocenters. The Morgan fingerprint density at radius 2 is 2.15 bits per heavy atom. The van der Waals surface area contributed by atoms with Crippen LogP contribution in [0.2, 0.25) is 0 Å². The van der Waals surface area contributed by atoms with Gasteiger partial charge in [0.25, 0.3) is 0 Å². The van der Waals surface area contributed by atoms with E-state index in [1.54, 1.807) is 0 Å². The van der Waals surface area contributed by atoms with Crippen molar-refractivity contribution < 1.29 is 19.2 Å². The molecule has 5 nitrogen and oxygen atoms in total. The topological polar surface area (TPSA) is 72.6 Å². The van der Waals surface area contributed by atoms with E-state index in [2.05, 4.69) is 19.0 Å². The fourth-order valence-electron chi connectivity index (χ4n) is 2.02. The Kier molecular flexibility index (Phi) is 4.08. The molecule has 0 aliphatic rings. The molecule has 1 N–H and O–H groups in total. The lowest BCUT2D eigenvalue weighted by molar-refractivity contribution is 0.0685. The molecule has 0 saturated carbocycles. The van der Waals surface area contributed by atoms with Gasteiger partial charge in [0.15, 0.2) is 11.5 Å². The van der Waals surface area contributed by atoms with Crippen molar-refractivity contribution in [1.29, 1.82) is 0 Å². The molecule has 0 amide bonds. The number of nitrogens with zero attached hydrogens (tertiary/aromatic N) is 1.